The molecule has 0 atom stereocenters. The first-order valence-electron chi connectivity index (χ1n) is 3.68. The van der Waals surface area contributed by atoms with Crippen LogP contribution in [0.15, 0.2) is 0 Å². The molecule has 64 valence electrons. The standard InChI is InChI=1S/C8H19N.CH4/c1-6(2)8(5,9)7(3)4;/h6-7H,9H2,1-5H3;1H4. The Hall–Kier alpha value is -0.0400. The van der Waals surface area contributed by atoms with Gasteiger partial charge in [-0.25, -0.2) is 0 Å². The zero-order chi connectivity index (χ0) is 7.65. The van der Waals surface area contributed by atoms with E-state index in [1.807, 2.05) is 0 Å². The Morgan fingerprint density at radius 1 is 1.00 bits per heavy atom. The average Bonchev–Trinajstić information content (AvgIpc) is 1.65. The summed E-state index contributed by atoms with van der Waals surface area (Å²) >= 11 is 0. The second kappa shape index (κ2) is 3.97. The van der Waals surface area contributed by atoms with E-state index in [4.69, 9.17) is 5.73 Å². The summed E-state index contributed by atoms with van der Waals surface area (Å²) in [6.45, 7) is 10.8. The molecule has 0 fully saturated rings. The summed E-state index contributed by atoms with van der Waals surface area (Å²) in [5.74, 6) is 1.13. The van der Waals surface area contributed by atoms with E-state index in [1.165, 1.54) is 0 Å². The Balaban J connectivity index is 0. The van der Waals surface area contributed by atoms with E-state index >= 15 is 0 Å². The summed E-state index contributed by atoms with van der Waals surface area (Å²) in [7, 11) is 0. The maximum atomic E-state index is 6.00. The summed E-state index contributed by atoms with van der Waals surface area (Å²) in [4.78, 5) is 0. The van der Waals surface area contributed by atoms with E-state index in [-0.39, 0.29) is 13.0 Å². The van der Waals surface area contributed by atoms with Crippen LogP contribution in [0, 0.1) is 11.8 Å². The van der Waals surface area contributed by atoms with Crippen LogP contribution in [-0.4, -0.2) is 5.54 Å². The average molecular weight is 145 g/mol. The predicted octanol–water partition coefficient (Wildman–Crippen LogP) is 2.65. The maximum absolute atomic E-state index is 6.00. The largest absolute Gasteiger partial charge is 0.325 e. The smallest absolute Gasteiger partial charge is 0.0172 e. The quantitative estimate of drug-likeness (QED) is 0.635. The molecule has 0 bridgehead atoms. The highest BCUT2D eigenvalue weighted by atomic mass is 14.7. The number of hydrogen-bond donors (Lipinski definition) is 1. The van der Waals surface area contributed by atoms with E-state index in [0.717, 1.165) is 0 Å². The fraction of sp³-hybridized carbons (Fsp3) is 1.00. The maximum Gasteiger partial charge on any atom is 0.0172 e. The second-order valence-electron chi connectivity index (χ2n) is 3.68. The molecule has 0 rings (SSSR count). The lowest BCUT2D eigenvalue weighted by Crippen LogP contribution is -2.46. The van der Waals surface area contributed by atoms with Gasteiger partial charge in [-0.05, 0) is 18.8 Å². The van der Waals surface area contributed by atoms with Crippen molar-refractivity contribution in [3.05, 3.63) is 0 Å². The van der Waals surface area contributed by atoms with Gasteiger partial charge >= 0.3 is 0 Å². The molecule has 0 saturated carbocycles. The topological polar surface area (TPSA) is 26.0 Å². The van der Waals surface area contributed by atoms with E-state index < -0.39 is 0 Å². The Bertz CT molecular complexity index is 72.7. The summed E-state index contributed by atoms with van der Waals surface area (Å²) in [6.07, 6.45) is 0. The van der Waals surface area contributed by atoms with Crippen LogP contribution in [0.4, 0.5) is 0 Å². The highest BCUT2D eigenvalue weighted by Gasteiger charge is 2.26. The third-order valence-corrected chi connectivity index (χ3v) is 2.49. The van der Waals surface area contributed by atoms with Crippen molar-refractivity contribution in [1.29, 1.82) is 0 Å². The summed E-state index contributed by atoms with van der Waals surface area (Å²) in [5.41, 5.74) is 6.00. The molecule has 1 nitrogen and oxygen atoms in total. The van der Waals surface area contributed by atoms with Gasteiger partial charge in [0.15, 0.2) is 0 Å². The van der Waals surface area contributed by atoms with Gasteiger partial charge in [-0.3, -0.25) is 0 Å². The van der Waals surface area contributed by atoms with Crippen molar-refractivity contribution >= 4 is 0 Å². The van der Waals surface area contributed by atoms with Crippen LogP contribution in [0.25, 0.3) is 0 Å². The van der Waals surface area contributed by atoms with E-state index in [1.54, 1.807) is 0 Å². The van der Waals surface area contributed by atoms with E-state index in [2.05, 4.69) is 34.6 Å². The van der Waals surface area contributed by atoms with Crippen molar-refractivity contribution in [2.45, 2.75) is 47.6 Å². The lowest BCUT2D eigenvalue weighted by Gasteiger charge is -2.33. The third kappa shape index (κ3) is 2.70. The van der Waals surface area contributed by atoms with Crippen LogP contribution >= 0.6 is 0 Å². The van der Waals surface area contributed by atoms with Crippen molar-refractivity contribution in [2.75, 3.05) is 0 Å². The fourth-order valence-corrected chi connectivity index (χ4v) is 0.667. The SMILES string of the molecule is C.CC(C)C(C)(N)C(C)C. The van der Waals surface area contributed by atoms with Crippen LogP contribution in [-0.2, 0) is 0 Å². The van der Waals surface area contributed by atoms with Crippen molar-refractivity contribution in [3.63, 3.8) is 0 Å². The first-order chi connectivity index (χ1) is 3.89. The molecular weight excluding hydrogens is 122 g/mol. The molecule has 10 heavy (non-hydrogen) atoms. The molecular formula is C9H23N. The Morgan fingerprint density at radius 2 is 1.20 bits per heavy atom. The van der Waals surface area contributed by atoms with Gasteiger partial charge in [0.25, 0.3) is 0 Å². The molecule has 0 aliphatic rings. The van der Waals surface area contributed by atoms with Gasteiger partial charge in [-0.1, -0.05) is 35.1 Å². The molecule has 0 aliphatic carbocycles. The van der Waals surface area contributed by atoms with Gasteiger partial charge in [-0.2, -0.15) is 0 Å². The van der Waals surface area contributed by atoms with Crippen molar-refractivity contribution in [3.8, 4) is 0 Å². The minimum atomic E-state index is 0. The molecule has 0 aromatic heterocycles. The van der Waals surface area contributed by atoms with E-state index in [0.29, 0.717) is 11.8 Å². The molecule has 0 aromatic rings. The predicted molar refractivity (Wildman–Crippen MR) is 49.0 cm³/mol. The number of rotatable bonds is 2. The molecule has 0 aliphatic heterocycles. The van der Waals surface area contributed by atoms with Gasteiger partial charge in [0, 0.05) is 5.54 Å². The first-order valence-corrected chi connectivity index (χ1v) is 3.68. The Labute approximate surface area is 66.0 Å². The van der Waals surface area contributed by atoms with Crippen LogP contribution in [0.3, 0.4) is 0 Å². The minimum absolute atomic E-state index is 0. The molecule has 0 unspecified atom stereocenters. The molecule has 0 aromatic carbocycles. The van der Waals surface area contributed by atoms with Crippen LogP contribution in [0.2, 0.25) is 0 Å². The molecule has 0 saturated heterocycles. The zero-order valence-electron chi connectivity index (χ0n) is 7.23. The summed E-state index contributed by atoms with van der Waals surface area (Å²) in [6, 6.07) is 0. The number of nitrogens with two attached hydrogens (primary N) is 1. The van der Waals surface area contributed by atoms with Crippen molar-refractivity contribution < 1.29 is 0 Å². The molecule has 0 amide bonds. The summed E-state index contributed by atoms with van der Waals surface area (Å²) in [5, 5.41) is 0. The highest BCUT2D eigenvalue weighted by molar-refractivity contribution is 4.84. The lowest BCUT2D eigenvalue weighted by molar-refractivity contribution is 0.250. The molecule has 0 radical (unpaired) electrons. The number of hydrogen-bond acceptors (Lipinski definition) is 1. The summed E-state index contributed by atoms with van der Waals surface area (Å²) < 4.78 is 0. The first kappa shape index (κ1) is 12.6. The molecule has 1 heteroatoms. The minimum Gasteiger partial charge on any atom is -0.325 e. The third-order valence-electron chi connectivity index (χ3n) is 2.49. The molecule has 0 spiro atoms. The van der Waals surface area contributed by atoms with Gasteiger partial charge in [0.2, 0.25) is 0 Å². The van der Waals surface area contributed by atoms with Crippen molar-refractivity contribution in [1.82, 2.24) is 0 Å². The van der Waals surface area contributed by atoms with Crippen LogP contribution in [0.5, 0.6) is 0 Å². The van der Waals surface area contributed by atoms with Crippen molar-refractivity contribution in [2.24, 2.45) is 17.6 Å². The van der Waals surface area contributed by atoms with E-state index in [9.17, 15) is 0 Å². The Kier molecular flexibility index (Phi) is 5.01. The molecule has 2 N–H and O–H groups in total. The molecule has 0 heterocycles. The van der Waals surface area contributed by atoms with Crippen LogP contribution < -0.4 is 5.73 Å². The van der Waals surface area contributed by atoms with Gasteiger partial charge < -0.3 is 5.73 Å². The van der Waals surface area contributed by atoms with Gasteiger partial charge in [0.1, 0.15) is 0 Å². The lowest BCUT2D eigenvalue weighted by atomic mass is 9.80. The monoisotopic (exact) mass is 145 g/mol. The normalized spacial score (nSPS) is 12.0. The zero-order valence-corrected chi connectivity index (χ0v) is 7.23. The second-order valence-corrected chi connectivity index (χ2v) is 3.68. The fourth-order valence-electron chi connectivity index (χ4n) is 0.667. The Morgan fingerprint density at radius 3 is 1.20 bits per heavy atom. The van der Waals surface area contributed by atoms with Gasteiger partial charge in [-0.15, -0.1) is 0 Å². The highest BCUT2D eigenvalue weighted by Crippen LogP contribution is 2.21. The van der Waals surface area contributed by atoms with Crippen LogP contribution in [0.1, 0.15) is 42.0 Å². The van der Waals surface area contributed by atoms with Gasteiger partial charge in [0.05, 0.1) is 0 Å².